The molecule has 2 N–H and O–H groups in total. The Bertz CT molecular complexity index is 321. The lowest BCUT2D eigenvalue weighted by Gasteiger charge is -2.09. The summed E-state index contributed by atoms with van der Waals surface area (Å²) in [4.78, 5) is 0. The number of halogens is 3. The number of benzene rings is 1. The summed E-state index contributed by atoms with van der Waals surface area (Å²) in [5, 5.41) is 0. The van der Waals surface area contributed by atoms with Gasteiger partial charge in [-0.1, -0.05) is 0 Å². The van der Waals surface area contributed by atoms with Crippen LogP contribution in [0.1, 0.15) is 12.0 Å². The summed E-state index contributed by atoms with van der Waals surface area (Å²) in [6.45, 7) is -0.296. The Hall–Kier alpha value is -1.23. The molecule has 0 aliphatic heterocycles. The highest BCUT2D eigenvalue weighted by Gasteiger charge is 2.12. The van der Waals surface area contributed by atoms with E-state index in [-0.39, 0.29) is 13.0 Å². The zero-order valence-electron chi connectivity index (χ0n) is 8.81. The van der Waals surface area contributed by atoms with Gasteiger partial charge in [0.1, 0.15) is 0 Å². The van der Waals surface area contributed by atoms with Gasteiger partial charge in [-0.3, -0.25) is 4.39 Å². The van der Waals surface area contributed by atoms with Gasteiger partial charge < -0.3 is 10.5 Å². The molecular formula is C11H14F3NO. The molecule has 0 atom stereocenters. The zero-order chi connectivity index (χ0) is 12.0. The van der Waals surface area contributed by atoms with E-state index in [9.17, 15) is 13.2 Å². The van der Waals surface area contributed by atoms with E-state index in [4.69, 9.17) is 10.5 Å². The molecule has 1 rings (SSSR count). The second-order valence-corrected chi connectivity index (χ2v) is 3.32. The van der Waals surface area contributed by atoms with Crippen molar-refractivity contribution in [3.63, 3.8) is 0 Å². The molecule has 2 nitrogen and oxygen atoms in total. The van der Waals surface area contributed by atoms with Gasteiger partial charge in [0.15, 0.2) is 17.4 Å². The first-order chi connectivity index (χ1) is 7.69. The normalized spacial score (nSPS) is 10.5. The van der Waals surface area contributed by atoms with Gasteiger partial charge in [-0.25, -0.2) is 8.78 Å². The molecule has 5 heteroatoms. The van der Waals surface area contributed by atoms with Crippen LogP contribution in [0.4, 0.5) is 13.2 Å². The molecule has 0 aliphatic carbocycles. The molecule has 0 unspecified atom stereocenters. The van der Waals surface area contributed by atoms with Crippen LogP contribution < -0.4 is 10.5 Å². The molecule has 0 fully saturated rings. The molecule has 0 heterocycles. The van der Waals surface area contributed by atoms with Gasteiger partial charge in [-0.15, -0.1) is 0 Å². The summed E-state index contributed by atoms with van der Waals surface area (Å²) < 4.78 is 43.3. The molecule has 0 aliphatic rings. The van der Waals surface area contributed by atoms with Crippen LogP contribution in [0.2, 0.25) is 0 Å². The van der Waals surface area contributed by atoms with E-state index in [0.29, 0.717) is 18.5 Å². The van der Waals surface area contributed by atoms with Crippen LogP contribution >= 0.6 is 0 Å². The molecule has 0 saturated heterocycles. The first-order valence-electron chi connectivity index (χ1n) is 5.05. The van der Waals surface area contributed by atoms with E-state index in [1.807, 2.05) is 0 Å². The van der Waals surface area contributed by atoms with Crippen LogP contribution in [0.15, 0.2) is 12.1 Å². The maximum atomic E-state index is 13.4. The maximum Gasteiger partial charge on any atom is 0.190 e. The van der Waals surface area contributed by atoms with Gasteiger partial charge in [-0.2, -0.15) is 0 Å². The van der Waals surface area contributed by atoms with Gasteiger partial charge in [0, 0.05) is 6.42 Å². The van der Waals surface area contributed by atoms with E-state index in [0.717, 1.165) is 0 Å². The van der Waals surface area contributed by atoms with Crippen molar-refractivity contribution in [3.8, 4) is 5.75 Å². The van der Waals surface area contributed by atoms with Crippen molar-refractivity contribution >= 4 is 0 Å². The molecule has 0 spiro atoms. The number of hydrogen-bond acceptors (Lipinski definition) is 2. The van der Waals surface area contributed by atoms with Gasteiger partial charge in [0.05, 0.1) is 13.3 Å². The van der Waals surface area contributed by atoms with Crippen molar-refractivity contribution in [2.24, 2.45) is 5.73 Å². The van der Waals surface area contributed by atoms with Crippen LogP contribution in [-0.4, -0.2) is 19.8 Å². The molecule has 0 bridgehead atoms. The minimum Gasteiger partial charge on any atom is -0.488 e. The minimum absolute atomic E-state index is 0.0411. The summed E-state index contributed by atoms with van der Waals surface area (Å²) in [5.41, 5.74) is 5.76. The van der Waals surface area contributed by atoms with Crippen molar-refractivity contribution in [2.45, 2.75) is 12.8 Å². The van der Waals surface area contributed by atoms with E-state index < -0.39 is 24.1 Å². The predicted octanol–water partition coefficient (Wildman–Crippen LogP) is 2.20. The average Bonchev–Trinajstić information content (AvgIpc) is 2.23. The molecule has 16 heavy (non-hydrogen) atoms. The molecule has 0 saturated carbocycles. The van der Waals surface area contributed by atoms with E-state index in [1.54, 1.807) is 0 Å². The van der Waals surface area contributed by atoms with Gasteiger partial charge in [-0.05, 0) is 30.7 Å². The van der Waals surface area contributed by atoms with Crippen molar-refractivity contribution in [2.75, 3.05) is 19.8 Å². The van der Waals surface area contributed by atoms with E-state index in [2.05, 4.69) is 0 Å². The highest BCUT2D eigenvalue weighted by atomic mass is 19.1. The number of alkyl halides is 1. The Morgan fingerprint density at radius 3 is 2.31 bits per heavy atom. The Morgan fingerprint density at radius 1 is 1.19 bits per heavy atom. The van der Waals surface area contributed by atoms with Gasteiger partial charge in [0.25, 0.3) is 0 Å². The molecule has 0 amide bonds. The number of nitrogens with two attached hydrogens (primary N) is 1. The summed E-state index contributed by atoms with van der Waals surface area (Å²) in [7, 11) is 0. The van der Waals surface area contributed by atoms with E-state index in [1.165, 1.54) is 12.1 Å². The first kappa shape index (κ1) is 12.8. The third kappa shape index (κ3) is 3.41. The smallest absolute Gasteiger partial charge is 0.190 e. The van der Waals surface area contributed by atoms with Crippen LogP contribution in [0, 0.1) is 11.6 Å². The standard InChI is InChI=1S/C11H14F3NO/c12-3-1-5-16-11-9(13)6-8(2-4-15)7-10(11)14/h6-7H,1-5,15H2. The second-order valence-electron chi connectivity index (χ2n) is 3.32. The van der Waals surface area contributed by atoms with Gasteiger partial charge >= 0.3 is 0 Å². The molecule has 0 aromatic heterocycles. The monoisotopic (exact) mass is 233 g/mol. The maximum absolute atomic E-state index is 13.4. The fourth-order valence-corrected chi connectivity index (χ4v) is 1.29. The Balaban J connectivity index is 2.77. The SMILES string of the molecule is NCCc1cc(F)c(OCCCF)c(F)c1. The molecule has 0 radical (unpaired) electrons. The topological polar surface area (TPSA) is 35.2 Å². The first-order valence-corrected chi connectivity index (χ1v) is 5.05. The summed E-state index contributed by atoms with van der Waals surface area (Å²) in [5.74, 6) is -2.00. The predicted molar refractivity (Wildman–Crippen MR) is 55.2 cm³/mol. The highest BCUT2D eigenvalue weighted by molar-refractivity contribution is 5.31. The third-order valence-electron chi connectivity index (χ3n) is 2.02. The van der Waals surface area contributed by atoms with Crippen molar-refractivity contribution < 1.29 is 17.9 Å². The average molecular weight is 233 g/mol. The lowest BCUT2D eigenvalue weighted by molar-refractivity contribution is 0.264. The number of rotatable bonds is 6. The molecule has 1 aromatic rings. The highest BCUT2D eigenvalue weighted by Crippen LogP contribution is 2.23. The van der Waals surface area contributed by atoms with Gasteiger partial charge in [0.2, 0.25) is 0 Å². The van der Waals surface area contributed by atoms with Crippen LogP contribution in [0.5, 0.6) is 5.75 Å². The molecule has 1 aromatic carbocycles. The summed E-state index contributed by atoms with van der Waals surface area (Å²) >= 11 is 0. The van der Waals surface area contributed by atoms with Crippen molar-refractivity contribution in [3.05, 3.63) is 29.3 Å². The zero-order valence-corrected chi connectivity index (χ0v) is 8.81. The fourth-order valence-electron chi connectivity index (χ4n) is 1.29. The van der Waals surface area contributed by atoms with Crippen molar-refractivity contribution in [1.82, 2.24) is 0 Å². The lowest BCUT2D eigenvalue weighted by atomic mass is 10.1. The van der Waals surface area contributed by atoms with E-state index >= 15 is 0 Å². The number of ether oxygens (including phenoxy) is 1. The summed E-state index contributed by atoms with van der Waals surface area (Å²) in [6, 6.07) is 2.36. The Morgan fingerprint density at radius 2 is 1.81 bits per heavy atom. The molecule has 90 valence electrons. The largest absolute Gasteiger partial charge is 0.488 e. The Labute approximate surface area is 92.2 Å². The minimum atomic E-state index is -0.776. The van der Waals surface area contributed by atoms with Crippen molar-refractivity contribution in [1.29, 1.82) is 0 Å². The van der Waals surface area contributed by atoms with Crippen LogP contribution in [0.25, 0.3) is 0 Å². The third-order valence-corrected chi connectivity index (χ3v) is 2.02. The fraction of sp³-hybridized carbons (Fsp3) is 0.455. The lowest BCUT2D eigenvalue weighted by Crippen LogP contribution is -2.06. The summed E-state index contributed by atoms with van der Waals surface area (Å²) in [6.07, 6.45) is 0.516. The van der Waals surface area contributed by atoms with Crippen LogP contribution in [0.3, 0.4) is 0 Å². The quantitative estimate of drug-likeness (QED) is 0.764. The number of hydrogen-bond donors (Lipinski definition) is 1. The molecular weight excluding hydrogens is 219 g/mol. The van der Waals surface area contributed by atoms with Crippen LogP contribution in [-0.2, 0) is 6.42 Å². The second kappa shape index (κ2) is 6.37. The Kier molecular flexibility index (Phi) is 5.11.